The lowest BCUT2D eigenvalue weighted by atomic mass is 10.1. The maximum absolute atomic E-state index is 13.1. The Morgan fingerprint density at radius 2 is 1.68 bits per heavy atom. The summed E-state index contributed by atoms with van der Waals surface area (Å²) in [6.45, 7) is 9.28. The molecule has 0 radical (unpaired) electrons. The Morgan fingerprint density at radius 3 is 2.23 bits per heavy atom. The molecule has 2 rings (SSSR count). The van der Waals surface area contributed by atoms with Gasteiger partial charge in [0.15, 0.2) is 0 Å². The fraction of sp³-hybridized carbons (Fsp3) is 0.278. The van der Waals surface area contributed by atoms with Gasteiger partial charge in [-0.2, -0.15) is 0 Å². The van der Waals surface area contributed by atoms with Crippen LogP contribution < -0.4 is 10.1 Å². The lowest BCUT2D eigenvalue weighted by molar-refractivity contribution is 0.0989. The fourth-order valence-corrected chi connectivity index (χ4v) is 4.48. The molecule has 0 unspecified atom stereocenters. The maximum atomic E-state index is 13.1. The van der Waals surface area contributed by atoms with E-state index in [0.717, 1.165) is 10.9 Å². The Hall–Kier alpha value is -1.58. The predicted octanol–water partition coefficient (Wildman–Crippen LogP) is 4.55. The second kappa shape index (κ2) is 6.67. The number of benzene rings is 2. The number of carbonyl (C=O) groups excluding carboxylic acids is 1. The van der Waals surface area contributed by atoms with Gasteiger partial charge in [-0.25, -0.2) is 0 Å². The lowest BCUT2D eigenvalue weighted by Crippen LogP contribution is -2.44. The molecule has 2 nitrogen and oxygen atoms in total. The van der Waals surface area contributed by atoms with E-state index in [-0.39, 0.29) is 5.91 Å². The molecule has 116 valence electrons. The van der Waals surface area contributed by atoms with Gasteiger partial charge in [0, 0.05) is 12.2 Å². The highest BCUT2D eigenvalue weighted by molar-refractivity contribution is 6.89. The fourth-order valence-electron chi connectivity index (χ4n) is 2.55. The molecule has 0 aromatic heterocycles. The van der Waals surface area contributed by atoms with Crippen LogP contribution in [0.4, 0.5) is 5.69 Å². The molecule has 0 atom stereocenters. The molecule has 0 heterocycles. The van der Waals surface area contributed by atoms with Crippen molar-refractivity contribution in [2.24, 2.45) is 0 Å². The quantitative estimate of drug-likeness (QED) is 0.752. The number of halogens is 1. The largest absolute Gasteiger partial charge is 0.309 e. The standard InChI is InChI=1S/C18H22ClNOSi/c1-5-20(14-10-7-6-8-11-14)18(21)17-15(19)12-9-13-16(17)22(2,3)4/h6-13H,5H2,1-4H3. The highest BCUT2D eigenvalue weighted by Crippen LogP contribution is 2.22. The molecule has 0 bridgehead atoms. The first-order chi connectivity index (χ1) is 10.4. The van der Waals surface area contributed by atoms with E-state index in [9.17, 15) is 4.79 Å². The third-order valence-electron chi connectivity index (χ3n) is 3.66. The van der Waals surface area contributed by atoms with Crippen LogP contribution in [0, 0.1) is 0 Å². The summed E-state index contributed by atoms with van der Waals surface area (Å²) in [7, 11) is -1.66. The molecule has 1 amide bonds. The van der Waals surface area contributed by atoms with Crippen molar-refractivity contribution >= 4 is 36.5 Å². The zero-order chi connectivity index (χ0) is 16.3. The average molecular weight is 332 g/mol. The van der Waals surface area contributed by atoms with Gasteiger partial charge in [-0.3, -0.25) is 4.79 Å². The Kier molecular flexibility index (Phi) is 5.09. The van der Waals surface area contributed by atoms with Crippen molar-refractivity contribution in [3.8, 4) is 0 Å². The molecular formula is C18H22ClNOSi. The molecule has 0 aliphatic rings. The van der Waals surface area contributed by atoms with E-state index in [2.05, 4.69) is 19.6 Å². The summed E-state index contributed by atoms with van der Waals surface area (Å²) in [5, 5.41) is 1.65. The predicted molar refractivity (Wildman–Crippen MR) is 98.2 cm³/mol. The average Bonchev–Trinajstić information content (AvgIpc) is 2.47. The van der Waals surface area contributed by atoms with Crippen molar-refractivity contribution in [3.63, 3.8) is 0 Å². The van der Waals surface area contributed by atoms with Gasteiger partial charge in [0.1, 0.15) is 0 Å². The number of carbonyl (C=O) groups is 1. The molecule has 0 saturated heterocycles. The van der Waals surface area contributed by atoms with Crippen LogP contribution >= 0.6 is 11.6 Å². The minimum absolute atomic E-state index is 0.0169. The summed E-state index contributed by atoms with van der Waals surface area (Å²) < 4.78 is 0. The van der Waals surface area contributed by atoms with Crippen molar-refractivity contribution in [1.82, 2.24) is 0 Å². The number of para-hydroxylation sites is 1. The SMILES string of the molecule is CCN(C(=O)c1c(Cl)cccc1[Si](C)(C)C)c1ccccc1. The summed E-state index contributed by atoms with van der Waals surface area (Å²) in [4.78, 5) is 14.9. The second-order valence-corrected chi connectivity index (χ2v) is 11.7. The van der Waals surface area contributed by atoms with Crippen LogP contribution in [-0.2, 0) is 0 Å². The number of hydrogen-bond donors (Lipinski definition) is 0. The van der Waals surface area contributed by atoms with Gasteiger partial charge < -0.3 is 4.90 Å². The van der Waals surface area contributed by atoms with Gasteiger partial charge in [0.2, 0.25) is 0 Å². The molecule has 0 aliphatic carbocycles. The summed E-state index contributed by atoms with van der Waals surface area (Å²) in [5.74, 6) is -0.0169. The molecule has 4 heteroatoms. The monoisotopic (exact) mass is 331 g/mol. The number of rotatable bonds is 4. The van der Waals surface area contributed by atoms with Crippen molar-refractivity contribution < 1.29 is 4.79 Å². The van der Waals surface area contributed by atoms with E-state index in [0.29, 0.717) is 17.1 Å². The van der Waals surface area contributed by atoms with E-state index in [4.69, 9.17) is 11.6 Å². The summed E-state index contributed by atoms with van der Waals surface area (Å²) in [5.41, 5.74) is 1.56. The van der Waals surface area contributed by atoms with E-state index < -0.39 is 8.07 Å². The van der Waals surface area contributed by atoms with Crippen molar-refractivity contribution in [3.05, 3.63) is 59.1 Å². The number of nitrogens with zero attached hydrogens (tertiary/aromatic N) is 1. The van der Waals surface area contributed by atoms with Crippen LogP contribution in [0.15, 0.2) is 48.5 Å². The minimum atomic E-state index is -1.66. The van der Waals surface area contributed by atoms with Gasteiger partial charge in [-0.05, 0) is 30.3 Å². The highest BCUT2D eigenvalue weighted by Gasteiger charge is 2.28. The smallest absolute Gasteiger partial charge is 0.259 e. The molecule has 2 aromatic rings. The first-order valence-corrected chi connectivity index (χ1v) is 11.4. The second-order valence-electron chi connectivity index (χ2n) is 6.30. The topological polar surface area (TPSA) is 20.3 Å². The van der Waals surface area contributed by atoms with Crippen LogP contribution in [0.2, 0.25) is 24.7 Å². The first-order valence-electron chi connectivity index (χ1n) is 7.52. The van der Waals surface area contributed by atoms with Gasteiger partial charge in [-0.1, -0.05) is 61.6 Å². The first kappa shape index (κ1) is 16.8. The van der Waals surface area contributed by atoms with Crippen LogP contribution in [0.3, 0.4) is 0 Å². The van der Waals surface area contributed by atoms with Crippen molar-refractivity contribution in [2.45, 2.75) is 26.6 Å². The van der Waals surface area contributed by atoms with E-state index in [1.807, 2.05) is 49.4 Å². The zero-order valence-corrected chi connectivity index (χ0v) is 15.3. The Labute approximate surface area is 138 Å². The molecular weight excluding hydrogens is 310 g/mol. The van der Waals surface area contributed by atoms with Crippen LogP contribution in [0.1, 0.15) is 17.3 Å². The normalized spacial score (nSPS) is 11.3. The molecule has 0 N–H and O–H groups in total. The summed E-state index contributed by atoms with van der Waals surface area (Å²) >= 11 is 6.39. The maximum Gasteiger partial charge on any atom is 0.259 e. The molecule has 0 saturated carbocycles. The molecule has 0 fully saturated rings. The molecule has 0 aliphatic heterocycles. The van der Waals surface area contributed by atoms with Gasteiger partial charge in [-0.15, -0.1) is 0 Å². The van der Waals surface area contributed by atoms with E-state index in [1.165, 1.54) is 0 Å². The Morgan fingerprint density at radius 1 is 1.05 bits per heavy atom. The van der Waals surface area contributed by atoms with E-state index >= 15 is 0 Å². The van der Waals surface area contributed by atoms with Gasteiger partial charge in [0.05, 0.1) is 18.7 Å². The Bertz CT molecular complexity index is 665. The number of hydrogen-bond acceptors (Lipinski definition) is 1. The highest BCUT2D eigenvalue weighted by atomic mass is 35.5. The third-order valence-corrected chi connectivity index (χ3v) is 6.01. The Balaban J connectivity index is 2.53. The minimum Gasteiger partial charge on any atom is -0.309 e. The molecule has 2 aromatic carbocycles. The van der Waals surface area contributed by atoms with Crippen molar-refractivity contribution in [1.29, 1.82) is 0 Å². The van der Waals surface area contributed by atoms with Crippen LogP contribution in [0.25, 0.3) is 0 Å². The van der Waals surface area contributed by atoms with Crippen LogP contribution in [0.5, 0.6) is 0 Å². The third kappa shape index (κ3) is 3.42. The van der Waals surface area contributed by atoms with Gasteiger partial charge >= 0.3 is 0 Å². The summed E-state index contributed by atoms with van der Waals surface area (Å²) in [6, 6.07) is 15.5. The number of amides is 1. The van der Waals surface area contributed by atoms with Gasteiger partial charge in [0.25, 0.3) is 5.91 Å². The van der Waals surface area contributed by atoms with Crippen LogP contribution in [-0.4, -0.2) is 20.5 Å². The zero-order valence-electron chi connectivity index (χ0n) is 13.6. The molecule has 22 heavy (non-hydrogen) atoms. The number of anilines is 1. The van der Waals surface area contributed by atoms with E-state index in [1.54, 1.807) is 11.0 Å². The van der Waals surface area contributed by atoms with Crippen molar-refractivity contribution in [2.75, 3.05) is 11.4 Å². The summed E-state index contributed by atoms with van der Waals surface area (Å²) in [6.07, 6.45) is 0. The molecule has 0 spiro atoms. The lowest BCUT2D eigenvalue weighted by Gasteiger charge is -2.26.